The van der Waals surface area contributed by atoms with Gasteiger partial charge in [0.2, 0.25) is 0 Å². The molecule has 0 saturated heterocycles. The topological polar surface area (TPSA) is 12.0 Å². The number of aryl methyl sites for hydroxylation is 2. The molecule has 20 heavy (non-hydrogen) atoms. The standard InChI is InChI=1S/C15H21BrF3N/c1-4-7-20-14(5-6-15(17,18)19)12-8-11(3)13(16)9-10(12)2/h8-9,14,20H,4-7H2,1-3H3. The van der Waals surface area contributed by atoms with Crippen LogP contribution in [0.2, 0.25) is 0 Å². The molecule has 0 aliphatic carbocycles. The third-order valence-corrected chi connectivity index (χ3v) is 4.13. The summed E-state index contributed by atoms with van der Waals surface area (Å²) < 4.78 is 38.4. The molecule has 0 aliphatic heterocycles. The maximum atomic E-state index is 12.5. The van der Waals surface area contributed by atoms with Crippen LogP contribution < -0.4 is 5.32 Å². The van der Waals surface area contributed by atoms with Crippen LogP contribution in [-0.2, 0) is 0 Å². The number of hydrogen-bond donors (Lipinski definition) is 1. The second-order valence-electron chi connectivity index (χ2n) is 5.12. The summed E-state index contributed by atoms with van der Waals surface area (Å²) in [6, 6.07) is 3.70. The van der Waals surface area contributed by atoms with E-state index in [-0.39, 0.29) is 12.5 Å². The Bertz CT molecular complexity index is 443. The van der Waals surface area contributed by atoms with Crippen LogP contribution in [0.1, 0.15) is 48.9 Å². The average molecular weight is 352 g/mol. The summed E-state index contributed by atoms with van der Waals surface area (Å²) in [5.74, 6) is 0. The van der Waals surface area contributed by atoms with Crippen molar-refractivity contribution in [2.45, 2.75) is 52.3 Å². The summed E-state index contributed by atoms with van der Waals surface area (Å²) in [6.07, 6.45) is -3.89. The molecular formula is C15H21BrF3N. The Labute approximate surface area is 127 Å². The highest BCUT2D eigenvalue weighted by Gasteiger charge is 2.29. The van der Waals surface area contributed by atoms with E-state index in [1.54, 1.807) is 0 Å². The first-order chi connectivity index (χ1) is 9.24. The quantitative estimate of drug-likeness (QED) is 0.718. The van der Waals surface area contributed by atoms with Crippen molar-refractivity contribution in [2.24, 2.45) is 0 Å². The van der Waals surface area contributed by atoms with Crippen molar-refractivity contribution in [1.82, 2.24) is 5.32 Å². The van der Waals surface area contributed by atoms with Gasteiger partial charge in [-0.3, -0.25) is 0 Å². The molecule has 0 amide bonds. The monoisotopic (exact) mass is 351 g/mol. The second kappa shape index (κ2) is 7.46. The first kappa shape index (κ1) is 17.5. The molecular weight excluding hydrogens is 331 g/mol. The van der Waals surface area contributed by atoms with Crippen LogP contribution in [0.5, 0.6) is 0 Å². The third-order valence-electron chi connectivity index (χ3n) is 3.28. The molecule has 0 fully saturated rings. The van der Waals surface area contributed by atoms with E-state index in [4.69, 9.17) is 0 Å². The van der Waals surface area contributed by atoms with Crippen molar-refractivity contribution in [3.63, 3.8) is 0 Å². The van der Waals surface area contributed by atoms with Crippen LogP contribution in [0, 0.1) is 13.8 Å². The summed E-state index contributed by atoms with van der Waals surface area (Å²) in [5, 5.41) is 3.23. The fraction of sp³-hybridized carbons (Fsp3) is 0.600. The van der Waals surface area contributed by atoms with E-state index in [9.17, 15) is 13.2 Å². The van der Waals surface area contributed by atoms with Crippen LogP contribution in [0.15, 0.2) is 16.6 Å². The van der Waals surface area contributed by atoms with Crippen molar-refractivity contribution in [3.8, 4) is 0 Å². The van der Waals surface area contributed by atoms with Gasteiger partial charge in [-0.15, -0.1) is 0 Å². The number of nitrogens with one attached hydrogen (secondary N) is 1. The first-order valence-electron chi connectivity index (χ1n) is 6.81. The van der Waals surface area contributed by atoms with Crippen molar-refractivity contribution >= 4 is 15.9 Å². The Hall–Kier alpha value is -0.550. The first-order valence-corrected chi connectivity index (χ1v) is 7.60. The number of hydrogen-bond acceptors (Lipinski definition) is 1. The minimum Gasteiger partial charge on any atom is -0.310 e. The van der Waals surface area contributed by atoms with E-state index in [0.29, 0.717) is 0 Å². The normalized spacial score (nSPS) is 13.6. The van der Waals surface area contributed by atoms with E-state index in [1.807, 2.05) is 32.9 Å². The molecule has 0 bridgehead atoms. The summed E-state index contributed by atoms with van der Waals surface area (Å²) in [7, 11) is 0. The predicted octanol–water partition coefficient (Wildman–Crippen LogP) is 5.45. The molecule has 0 heterocycles. The second-order valence-corrected chi connectivity index (χ2v) is 5.97. The zero-order valence-electron chi connectivity index (χ0n) is 12.1. The van der Waals surface area contributed by atoms with Crippen molar-refractivity contribution in [3.05, 3.63) is 33.3 Å². The minimum absolute atomic E-state index is 0.0748. The van der Waals surface area contributed by atoms with E-state index in [0.717, 1.165) is 34.1 Å². The molecule has 114 valence electrons. The van der Waals surface area contributed by atoms with Crippen LogP contribution >= 0.6 is 15.9 Å². The molecule has 0 aromatic heterocycles. The van der Waals surface area contributed by atoms with Gasteiger partial charge in [-0.1, -0.05) is 28.9 Å². The van der Waals surface area contributed by atoms with Crippen LogP contribution in [0.3, 0.4) is 0 Å². The number of alkyl halides is 3. The molecule has 0 saturated carbocycles. The summed E-state index contributed by atoms with van der Waals surface area (Å²) in [4.78, 5) is 0. The zero-order valence-corrected chi connectivity index (χ0v) is 13.7. The highest BCUT2D eigenvalue weighted by Crippen LogP contribution is 2.31. The summed E-state index contributed by atoms with van der Waals surface area (Å²) >= 11 is 3.45. The van der Waals surface area contributed by atoms with Crippen molar-refractivity contribution in [2.75, 3.05) is 6.54 Å². The molecule has 1 atom stereocenters. The molecule has 5 heteroatoms. The van der Waals surface area contributed by atoms with Crippen LogP contribution in [-0.4, -0.2) is 12.7 Å². The fourth-order valence-corrected chi connectivity index (χ4v) is 2.63. The molecule has 1 N–H and O–H groups in total. The number of rotatable bonds is 6. The smallest absolute Gasteiger partial charge is 0.310 e. The number of benzene rings is 1. The maximum absolute atomic E-state index is 12.5. The lowest BCUT2D eigenvalue weighted by atomic mass is 9.95. The van der Waals surface area contributed by atoms with Gasteiger partial charge in [0.25, 0.3) is 0 Å². The summed E-state index contributed by atoms with van der Waals surface area (Å²) in [5.41, 5.74) is 3.02. The van der Waals surface area contributed by atoms with Gasteiger partial charge in [0.1, 0.15) is 0 Å². The minimum atomic E-state index is -4.11. The molecule has 1 rings (SSSR count). The Morgan fingerprint density at radius 1 is 1.20 bits per heavy atom. The van der Waals surface area contributed by atoms with Gasteiger partial charge >= 0.3 is 6.18 Å². The average Bonchev–Trinajstić information content (AvgIpc) is 2.33. The lowest BCUT2D eigenvalue weighted by Crippen LogP contribution is -2.25. The van der Waals surface area contributed by atoms with Crippen LogP contribution in [0.25, 0.3) is 0 Å². The van der Waals surface area contributed by atoms with Crippen molar-refractivity contribution < 1.29 is 13.2 Å². The van der Waals surface area contributed by atoms with Gasteiger partial charge in [0.15, 0.2) is 0 Å². The zero-order chi connectivity index (χ0) is 15.3. The fourth-order valence-electron chi connectivity index (χ4n) is 2.17. The van der Waals surface area contributed by atoms with Crippen LogP contribution in [0.4, 0.5) is 13.2 Å². The van der Waals surface area contributed by atoms with E-state index >= 15 is 0 Å². The highest BCUT2D eigenvalue weighted by molar-refractivity contribution is 9.10. The highest BCUT2D eigenvalue weighted by atomic mass is 79.9. The molecule has 0 spiro atoms. The Kier molecular flexibility index (Phi) is 6.52. The van der Waals surface area contributed by atoms with Gasteiger partial charge < -0.3 is 5.32 Å². The summed E-state index contributed by atoms with van der Waals surface area (Å²) in [6.45, 7) is 6.62. The maximum Gasteiger partial charge on any atom is 0.389 e. The van der Waals surface area contributed by atoms with Gasteiger partial charge in [-0.05, 0) is 56.0 Å². The molecule has 1 unspecified atom stereocenters. The lowest BCUT2D eigenvalue weighted by molar-refractivity contribution is -0.136. The predicted molar refractivity (Wildman–Crippen MR) is 79.9 cm³/mol. The van der Waals surface area contributed by atoms with Gasteiger partial charge in [-0.25, -0.2) is 0 Å². The van der Waals surface area contributed by atoms with E-state index in [1.165, 1.54) is 0 Å². The lowest BCUT2D eigenvalue weighted by Gasteiger charge is -2.22. The van der Waals surface area contributed by atoms with Gasteiger partial charge in [-0.2, -0.15) is 13.2 Å². The molecule has 0 aliphatic rings. The van der Waals surface area contributed by atoms with Gasteiger partial charge in [0.05, 0.1) is 0 Å². The number of halogens is 4. The van der Waals surface area contributed by atoms with E-state index < -0.39 is 12.6 Å². The Balaban J connectivity index is 2.95. The molecule has 1 aromatic carbocycles. The van der Waals surface area contributed by atoms with Crippen molar-refractivity contribution in [1.29, 1.82) is 0 Å². The van der Waals surface area contributed by atoms with Gasteiger partial charge in [0, 0.05) is 16.9 Å². The molecule has 1 aromatic rings. The third kappa shape index (κ3) is 5.44. The largest absolute Gasteiger partial charge is 0.389 e. The molecule has 1 nitrogen and oxygen atoms in total. The Morgan fingerprint density at radius 3 is 2.40 bits per heavy atom. The van der Waals surface area contributed by atoms with E-state index in [2.05, 4.69) is 21.2 Å². The molecule has 0 radical (unpaired) electrons. The Morgan fingerprint density at radius 2 is 1.85 bits per heavy atom. The SMILES string of the molecule is CCCNC(CCC(F)(F)F)c1cc(C)c(Br)cc1C.